The molecule has 4 aromatic carbocycles. The average Bonchev–Trinajstić information content (AvgIpc) is 2.92. The van der Waals surface area contributed by atoms with Crippen LogP contribution in [-0.4, -0.2) is 9.67 Å². The van der Waals surface area contributed by atoms with Gasteiger partial charge in [0.25, 0.3) is 5.56 Å². The van der Waals surface area contributed by atoms with Crippen molar-refractivity contribution in [2.24, 2.45) is 4.99 Å². The predicted molar refractivity (Wildman–Crippen MR) is 120 cm³/mol. The van der Waals surface area contributed by atoms with E-state index in [4.69, 9.17) is 0 Å². The molecular formula is C26H18N2O2. The van der Waals surface area contributed by atoms with Crippen molar-refractivity contribution in [3.8, 4) is 11.4 Å². The Morgan fingerprint density at radius 1 is 0.667 bits per heavy atom. The fraction of sp³-hybridized carbons (Fsp3) is 0. The molecule has 0 saturated heterocycles. The van der Waals surface area contributed by atoms with Crippen molar-refractivity contribution in [3.63, 3.8) is 0 Å². The first-order chi connectivity index (χ1) is 14.7. The van der Waals surface area contributed by atoms with Crippen LogP contribution in [0.3, 0.4) is 0 Å². The number of hydrogen-bond acceptors (Lipinski definition) is 3. The summed E-state index contributed by atoms with van der Waals surface area (Å²) in [6, 6.07) is 31.9. The molecule has 1 aromatic heterocycles. The lowest BCUT2D eigenvalue weighted by Gasteiger charge is -2.07. The number of aromatic hydroxyl groups is 1. The van der Waals surface area contributed by atoms with Gasteiger partial charge in [-0.3, -0.25) is 9.36 Å². The average molecular weight is 390 g/mol. The van der Waals surface area contributed by atoms with Gasteiger partial charge in [-0.05, 0) is 52.6 Å². The molecule has 0 bridgehead atoms. The van der Waals surface area contributed by atoms with Gasteiger partial charge in [0.15, 0.2) is 0 Å². The lowest BCUT2D eigenvalue weighted by Crippen LogP contribution is -2.28. The summed E-state index contributed by atoms with van der Waals surface area (Å²) >= 11 is 0. The molecule has 0 radical (unpaired) electrons. The van der Waals surface area contributed by atoms with Crippen molar-refractivity contribution in [1.29, 1.82) is 0 Å². The summed E-state index contributed by atoms with van der Waals surface area (Å²) in [6.45, 7) is 0. The zero-order valence-corrected chi connectivity index (χ0v) is 16.1. The van der Waals surface area contributed by atoms with E-state index >= 15 is 0 Å². The minimum atomic E-state index is -0.167. The summed E-state index contributed by atoms with van der Waals surface area (Å²) in [4.78, 5) is 18.2. The second-order valence-electron chi connectivity index (χ2n) is 7.05. The van der Waals surface area contributed by atoms with Gasteiger partial charge in [0, 0.05) is 5.39 Å². The van der Waals surface area contributed by atoms with Crippen LogP contribution < -0.4 is 11.0 Å². The fourth-order valence-corrected chi connectivity index (χ4v) is 3.64. The highest BCUT2D eigenvalue weighted by atomic mass is 16.3. The van der Waals surface area contributed by atoms with E-state index in [-0.39, 0.29) is 11.3 Å². The number of aromatic nitrogens is 1. The smallest absolute Gasteiger partial charge is 0.264 e. The monoisotopic (exact) mass is 390 g/mol. The minimum Gasteiger partial charge on any atom is -0.506 e. The number of fused-ring (bicyclic) bond motifs is 2. The predicted octanol–water partition coefficient (Wildman–Crippen LogP) is 5.08. The first-order valence-corrected chi connectivity index (χ1v) is 9.68. The molecule has 0 aliphatic heterocycles. The quantitative estimate of drug-likeness (QED) is 0.457. The topological polar surface area (TPSA) is 54.6 Å². The van der Waals surface area contributed by atoms with Crippen molar-refractivity contribution in [2.45, 2.75) is 0 Å². The largest absolute Gasteiger partial charge is 0.506 e. The molecule has 0 aliphatic carbocycles. The van der Waals surface area contributed by atoms with Crippen LogP contribution in [0.5, 0.6) is 5.75 Å². The van der Waals surface area contributed by atoms with E-state index in [1.54, 1.807) is 28.8 Å². The van der Waals surface area contributed by atoms with Crippen molar-refractivity contribution >= 4 is 27.2 Å². The zero-order valence-electron chi connectivity index (χ0n) is 16.1. The third-order valence-corrected chi connectivity index (χ3v) is 5.14. The summed E-state index contributed by atoms with van der Waals surface area (Å²) in [6.07, 6.45) is 0. The van der Waals surface area contributed by atoms with E-state index in [2.05, 4.69) is 4.99 Å². The molecule has 4 nitrogen and oxygen atoms in total. The van der Waals surface area contributed by atoms with E-state index in [0.29, 0.717) is 22.2 Å². The standard InChI is InChI=1S/C26H18N2O2/c29-24-12-6-5-11-23(24)27-25-16-14-19-8-3-4-10-22(19)26(30)28(25)21-15-13-18-7-1-2-9-20(18)17-21/h1-17,29H. The number of para-hydroxylation sites is 2. The van der Waals surface area contributed by atoms with Gasteiger partial charge in [-0.1, -0.05) is 66.7 Å². The Balaban J connectivity index is 1.92. The lowest BCUT2D eigenvalue weighted by molar-refractivity contribution is 0.476. The first kappa shape index (κ1) is 17.9. The number of phenolic OH excluding ortho intramolecular Hbond substituents is 1. The van der Waals surface area contributed by atoms with Gasteiger partial charge in [-0.2, -0.15) is 0 Å². The third kappa shape index (κ3) is 3.14. The zero-order chi connectivity index (χ0) is 20.5. The fourth-order valence-electron chi connectivity index (χ4n) is 3.64. The Labute approximate surface area is 172 Å². The second kappa shape index (κ2) is 7.33. The molecule has 5 rings (SSSR count). The van der Waals surface area contributed by atoms with Crippen LogP contribution in [0.15, 0.2) is 113 Å². The van der Waals surface area contributed by atoms with Crippen molar-refractivity contribution in [3.05, 3.63) is 119 Å². The Kier molecular flexibility index (Phi) is 4.37. The molecule has 4 heteroatoms. The van der Waals surface area contributed by atoms with E-state index in [9.17, 15) is 9.90 Å². The van der Waals surface area contributed by atoms with E-state index in [1.807, 2.05) is 78.9 Å². The van der Waals surface area contributed by atoms with Crippen LogP contribution in [0.4, 0.5) is 5.69 Å². The summed E-state index contributed by atoms with van der Waals surface area (Å²) in [5.74, 6) is 0.0612. The van der Waals surface area contributed by atoms with Gasteiger partial charge in [-0.25, -0.2) is 4.99 Å². The molecule has 0 atom stereocenters. The maximum atomic E-state index is 13.6. The van der Waals surface area contributed by atoms with Gasteiger partial charge in [0.05, 0.1) is 5.69 Å². The Morgan fingerprint density at radius 3 is 2.17 bits per heavy atom. The van der Waals surface area contributed by atoms with Crippen LogP contribution in [0.1, 0.15) is 0 Å². The van der Waals surface area contributed by atoms with Crippen LogP contribution in [0.2, 0.25) is 0 Å². The van der Waals surface area contributed by atoms with Gasteiger partial charge >= 0.3 is 0 Å². The van der Waals surface area contributed by atoms with Gasteiger partial charge in [0.2, 0.25) is 0 Å². The molecule has 1 heterocycles. The second-order valence-corrected chi connectivity index (χ2v) is 7.05. The number of benzene rings is 4. The Morgan fingerprint density at radius 2 is 1.33 bits per heavy atom. The van der Waals surface area contributed by atoms with E-state index < -0.39 is 0 Å². The van der Waals surface area contributed by atoms with Gasteiger partial charge in [-0.15, -0.1) is 0 Å². The van der Waals surface area contributed by atoms with Gasteiger partial charge < -0.3 is 5.11 Å². The number of rotatable bonds is 2. The van der Waals surface area contributed by atoms with Crippen molar-refractivity contribution in [2.75, 3.05) is 0 Å². The van der Waals surface area contributed by atoms with Crippen molar-refractivity contribution in [1.82, 2.24) is 4.57 Å². The molecule has 0 saturated carbocycles. The maximum Gasteiger partial charge on any atom is 0.264 e. The molecule has 1 N–H and O–H groups in total. The molecule has 5 aromatic rings. The van der Waals surface area contributed by atoms with Crippen LogP contribution >= 0.6 is 0 Å². The molecule has 30 heavy (non-hydrogen) atoms. The van der Waals surface area contributed by atoms with E-state index in [1.165, 1.54) is 0 Å². The molecule has 0 fully saturated rings. The minimum absolute atomic E-state index is 0.0612. The highest BCUT2D eigenvalue weighted by Gasteiger charge is 2.08. The Bertz CT molecular complexity index is 1530. The SMILES string of the molecule is O=c1c2ccccc2ccc(=Nc2ccccc2O)n1-c1ccc2ccccc2c1. The van der Waals surface area contributed by atoms with Crippen LogP contribution in [-0.2, 0) is 0 Å². The molecular weight excluding hydrogens is 372 g/mol. The van der Waals surface area contributed by atoms with Crippen LogP contribution in [0.25, 0.3) is 27.2 Å². The van der Waals surface area contributed by atoms with Crippen molar-refractivity contribution < 1.29 is 5.11 Å². The summed E-state index contributed by atoms with van der Waals surface area (Å²) in [5.41, 5.74) is 1.39. The molecule has 0 amide bonds. The third-order valence-electron chi connectivity index (χ3n) is 5.14. The van der Waals surface area contributed by atoms with E-state index in [0.717, 1.165) is 16.2 Å². The summed E-state index contributed by atoms with van der Waals surface area (Å²) in [7, 11) is 0. The molecule has 0 spiro atoms. The maximum absolute atomic E-state index is 13.6. The first-order valence-electron chi connectivity index (χ1n) is 9.68. The summed E-state index contributed by atoms with van der Waals surface area (Å²) < 4.78 is 1.60. The Hall–Kier alpha value is -4.18. The number of hydrogen-bond donors (Lipinski definition) is 1. The number of nitrogens with zero attached hydrogens (tertiary/aromatic N) is 2. The molecule has 0 aliphatic rings. The molecule has 0 unspecified atom stereocenters. The number of phenols is 1. The van der Waals surface area contributed by atoms with Gasteiger partial charge in [0.1, 0.15) is 16.9 Å². The molecule has 144 valence electrons. The summed E-state index contributed by atoms with van der Waals surface area (Å²) in [5, 5.41) is 13.8. The lowest BCUT2D eigenvalue weighted by atomic mass is 10.1. The normalized spacial score (nSPS) is 11.8. The highest BCUT2D eigenvalue weighted by Crippen LogP contribution is 2.24. The highest BCUT2D eigenvalue weighted by molar-refractivity contribution is 5.85. The van der Waals surface area contributed by atoms with Crippen LogP contribution in [0, 0.1) is 0 Å².